The van der Waals surface area contributed by atoms with Crippen molar-refractivity contribution in [2.45, 2.75) is 26.3 Å². The van der Waals surface area contributed by atoms with E-state index < -0.39 is 0 Å². The van der Waals surface area contributed by atoms with E-state index in [2.05, 4.69) is 36.0 Å². The largest absolute Gasteiger partial charge is 0.314 e. The highest BCUT2D eigenvalue weighted by Crippen LogP contribution is 2.08. The summed E-state index contributed by atoms with van der Waals surface area (Å²) in [7, 11) is 0. The predicted molar refractivity (Wildman–Crippen MR) is 58.4 cm³/mol. The second-order valence-electron chi connectivity index (χ2n) is 2.79. The molecule has 0 aliphatic heterocycles. The molecule has 0 aliphatic rings. The van der Waals surface area contributed by atoms with Crippen molar-refractivity contribution in [1.82, 2.24) is 5.32 Å². The quantitative estimate of drug-likeness (QED) is 0.797. The van der Waals surface area contributed by atoms with Crippen LogP contribution in [0, 0.1) is 0 Å². The van der Waals surface area contributed by atoms with Gasteiger partial charge in [0, 0.05) is 6.04 Å². The normalized spacial score (nSPS) is 12.2. The van der Waals surface area contributed by atoms with E-state index >= 15 is 0 Å². The fraction of sp³-hybridized carbons (Fsp3) is 0.556. The van der Waals surface area contributed by atoms with Gasteiger partial charge in [-0.15, -0.1) is 12.4 Å². The van der Waals surface area contributed by atoms with Crippen molar-refractivity contribution >= 4 is 23.7 Å². The maximum atomic E-state index is 3.39. The summed E-state index contributed by atoms with van der Waals surface area (Å²) in [6, 6.07) is 2.80. The van der Waals surface area contributed by atoms with Crippen LogP contribution in [0.3, 0.4) is 0 Å². The lowest BCUT2D eigenvalue weighted by atomic mass is 10.1. The van der Waals surface area contributed by atoms with Crippen molar-refractivity contribution in [3.8, 4) is 0 Å². The Morgan fingerprint density at radius 1 is 1.58 bits per heavy atom. The number of likely N-dealkylation sites (N-methyl/N-ethyl adjacent to an activating group) is 1. The van der Waals surface area contributed by atoms with E-state index in [0.717, 1.165) is 13.0 Å². The zero-order valence-corrected chi connectivity index (χ0v) is 9.17. The molecule has 0 aromatic carbocycles. The molecule has 0 amide bonds. The zero-order valence-electron chi connectivity index (χ0n) is 7.54. The van der Waals surface area contributed by atoms with Crippen LogP contribution in [0.25, 0.3) is 0 Å². The molecule has 1 aromatic rings. The van der Waals surface area contributed by atoms with Gasteiger partial charge in [0.25, 0.3) is 0 Å². The van der Waals surface area contributed by atoms with Gasteiger partial charge in [-0.2, -0.15) is 11.3 Å². The molecule has 12 heavy (non-hydrogen) atoms. The van der Waals surface area contributed by atoms with Gasteiger partial charge in [0.05, 0.1) is 0 Å². The van der Waals surface area contributed by atoms with Gasteiger partial charge in [-0.05, 0) is 42.3 Å². The molecule has 1 atom stereocenters. The molecule has 1 rings (SSSR count). The molecule has 1 heterocycles. The molecule has 1 aromatic heterocycles. The zero-order chi connectivity index (χ0) is 8.10. The van der Waals surface area contributed by atoms with Crippen LogP contribution in [0.1, 0.15) is 19.4 Å². The van der Waals surface area contributed by atoms with Gasteiger partial charge >= 0.3 is 0 Å². The Kier molecular flexibility index (Phi) is 6.44. The van der Waals surface area contributed by atoms with Gasteiger partial charge in [-0.25, -0.2) is 0 Å². The second-order valence-corrected chi connectivity index (χ2v) is 3.57. The molecule has 0 bridgehead atoms. The summed E-state index contributed by atoms with van der Waals surface area (Å²) in [5, 5.41) is 7.74. The van der Waals surface area contributed by atoms with Crippen LogP contribution in [0.4, 0.5) is 0 Å². The van der Waals surface area contributed by atoms with Gasteiger partial charge in [-0.1, -0.05) is 6.92 Å². The SMILES string of the molecule is CCNC(C)Cc1ccsc1.Cl. The molecule has 0 saturated carbocycles. The first-order valence-electron chi connectivity index (χ1n) is 4.07. The summed E-state index contributed by atoms with van der Waals surface area (Å²) in [5.41, 5.74) is 1.45. The van der Waals surface area contributed by atoms with Crippen molar-refractivity contribution in [2.24, 2.45) is 0 Å². The maximum absolute atomic E-state index is 3.39. The van der Waals surface area contributed by atoms with Gasteiger partial charge in [0.15, 0.2) is 0 Å². The van der Waals surface area contributed by atoms with Crippen LogP contribution in [0.5, 0.6) is 0 Å². The number of thiophene rings is 1. The minimum absolute atomic E-state index is 0. The van der Waals surface area contributed by atoms with E-state index in [1.807, 2.05) is 0 Å². The summed E-state index contributed by atoms with van der Waals surface area (Å²) in [4.78, 5) is 0. The highest BCUT2D eigenvalue weighted by atomic mass is 35.5. The van der Waals surface area contributed by atoms with Gasteiger partial charge in [0.1, 0.15) is 0 Å². The lowest BCUT2D eigenvalue weighted by molar-refractivity contribution is 0.566. The molecular formula is C9H16ClNS. The number of hydrogen-bond donors (Lipinski definition) is 1. The highest BCUT2D eigenvalue weighted by Gasteiger charge is 2.00. The standard InChI is InChI=1S/C9H15NS.ClH/c1-3-10-8(2)6-9-4-5-11-7-9;/h4-5,7-8,10H,3,6H2,1-2H3;1H. The Labute approximate surface area is 84.6 Å². The predicted octanol–water partition coefficient (Wildman–Crippen LogP) is 2.71. The van der Waals surface area contributed by atoms with Gasteiger partial charge < -0.3 is 5.32 Å². The van der Waals surface area contributed by atoms with Gasteiger partial charge in [-0.3, -0.25) is 0 Å². The number of nitrogens with one attached hydrogen (secondary N) is 1. The Balaban J connectivity index is 0.00000121. The average Bonchev–Trinajstić information content (AvgIpc) is 2.40. The van der Waals surface area contributed by atoms with Gasteiger partial charge in [0.2, 0.25) is 0 Å². The Morgan fingerprint density at radius 3 is 2.83 bits per heavy atom. The molecule has 1 unspecified atom stereocenters. The topological polar surface area (TPSA) is 12.0 Å². The molecule has 1 nitrogen and oxygen atoms in total. The molecular weight excluding hydrogens is 190 g/mol. The lowest BCUT2D eigenvalue weighted by Crippen LogP contribution is -2.27. The van der Waals surface area contributed by atoms with E-state index in [0.29, 0.717) is 6.04 Å². The summed E-state index contributed by atoms with van der Waals surface area (Å²) in [6.45, 7) is 5.43. The fourth-order valence-corrected chi connectivity index (χ4v) is 1.86. The molecule has 0 fully saturated rings. The van der Waals surface area contributed by atoms with Crippen LogP contribution < -0.4 is 5.32 Å². The monoisotopic (exact) mass is 205 g/mol. The molecule has 3 heteroatoms. The molecule has 0 radical (unpaired) electrons. The summed E-state index contributed by atoms with van der Waals surface area (Å²) >= 11 is 1.77. The first kappa shape index (κ1) is 11.9. The Hall–Kier alpha value is -0.0500. The first-order chi connectivity index (χ1) is 5.33. The van der Waals surface area contributed by atoms with E-state index in [-0.39, 0.29) is 12.4 Å². The minimum Gasteiger partial charge on any atom is -0.314 e. The number of halogens is 1. The molecule has 0 spiro atoms. The molecule has 70 valence electrons. The third kappa shape index (κ3) is 4.10. The van der Waals surface area contributed by atoms with E-state index in [1.165, 1.54) is 5.56 Å². The molecule has 0 saturated heterocycles. The minimum atomic E-state index is 0. The van der Waals surface area contributed by atoms with Crippen LogP contribution in [-0.2, 0) is 6.42 Å². The Bertz CT molecular complexity index is 186. The fourth-order valence-electron chi connectivity index (χ4n) is 1.18. The van der Waals surface area contributed by atoms with Crippen molar-refractivity contribution < 1.29 is 0 Å². The van der Waals surface area contributed by atoms with Crippen LogP contribution >= 0.6 is 23.7 Å². The van der Waals surface area contributed by atoms with Crippen molar-refractivity contribution in [1.29, 1.82) is 0 Å². The van der Waals surface area contributed by atoms with E-state index in [4.69, 9.17) is 0 Å². The number of rotatable bonds is 4. The lowest BCUT2D eigenvalue weighted by Gasteiger charge is -2.09. The average molecular weight is 206 g/mol. The summed E-state index contributed by atoms with van der Waals surface area (Å²) in [5.74, 6) is 0. The highest BCUT2D eigenvalue weighted by molar-refractivity contribution is 7.07. The van der Waals surface area contributed by atoms with Crippen molar-refractivity contribution in [2.75, 3.05) is 6.54 Å². The summed E-state index contributed by atoms with van der Waals surface area (Å²) in [6.07, 6.45) is 1.15. The Morgan fingerprint density at radius 2 is 2.33 bits per heavy atom. The smallest absolute Gasteiger partial charge is 0.00793 e. The van der Waals surface area contributed by atoms with Crippen LogP contribution in [0.2, 0.25) is 0 Å². The third-order valence-corrected chi connectivity index (χ3v) is 2.41. The molecule has 0 aliphatic carbocycles. The first-order valence-corrected chi connectivity index (χ1v) is 5.01. The second kappa shape index (κ2) is 6.46. The van der Waals surface area contributed by atoms with Crippen LogP contribution in [0.15, 0.2) is 16.8 Å². The van der Waals surface area contributed by atoms with Crippen LogP contribution in [-0.4, -0.2) is 12.6 Å². The van der Waals surface area contributed by atoms with Crippen molar-refractivity contribution in [3.63, 3.8) is 0 Å². The third-order valence-electron chi connectivity index (χ3n) is 1.67. The van der Waals surface area contributed by atoms with E-state index in [1.54, 1.807) is 11.3 Å². The summed E-state index contributed by atoms with van der Waals surface area (Å²) < 4.78 is 0. The van der Waals surface area contributed by atoms with E-state index in [9.17, 15) is 0 Å². The maximum Gasteiger partial charge on any atom is 0.00793 e. The number of hydrogen-bond acceptors (Lipinski definition) is 2. The van der Waals surface area contributed by atoms with Crippen molar-refractivity contribution in [3.05, 3.63) is 22.4 Å². The molecule has 1 N–H and O–H groups in total.